The first-order chi connectivity index (χ1) is 15.0. The summed E-state index contributed by atoms with van der Waals surface area (Å²) < 4.78 is 7.01. The molecule has 0 spiro atoms. The van der Waals surface area contributed by atoms with Crippen LogP contribution in [-0.2, 0) is 13.6 Å². The Morgan fingerprint density at radius 2 is 1.75 bits per heavy atom. The van der Waals surface area contributed by atoms with Crippen LogP contribution >= 0.6 is 12.4 Å². The predicted octanol–water partition coefficient (Wildman–Crippen LogP) is 3.10. The molecule has 1 aromatic heterocycles. The first-order valence-electron chi connectivity index (χ1n) is 10.6. The number of piperidine rings is 1. The third-order valence-electron chi connectivity index (χ3n) is 6.11. The van der Waals surface area contributed by atoms with Gasteiger partial charge in [-0.15, -0.1) is 12.4 Å². The summed E-state index contributed by atoms with van der Waals surface area (Å²) in [5, 5.41) is 0. The second-order valence-corrected chi connectivity index (χ2v) is 8.09. The Morgan fingerprint density at radius 1 is 1.09 bits per heavy atom. The van der Waals surface area contributed by atoms with Crippen LogP contribution in [0, 0.1) is 0 Å². The summed E-state index contributed by atoms with van der Waals surface area (Å²) in [5.41, 5.74) is 1.85. The van der Waals surface area contributed by atoms with Gasteiger partial charge < -0.3 is 19.1 Å². The highest BCUT2D eigenvalue weighted by atomic mass is 35.5. The van der Waals surface area contributed by atoms with E-state index in [1.54, 1.807) is 14.2 Å². The number of aromatic nitrogens is 2. The number of methoxy groups -OCH3 is 1. The van der Waals surface area contributed by atoms with Crippen LogP contribution < -0.4 is 10.3 Å². The summed E-state index contributed by atoms with van der Waals surface area (Å²) in [6.45, 7) is 2.18. The van der Waals surface area contributed by atoms with E-state index < -0.39 is 0 Å². The Labute approximate surface area is 194 Å². The monoisotopic (exact) mass is 456 g/mol. The maximum absolute atomic E-state index is 13.7. The van der Waals surface area contributed by atoms with E-state index in [9.17, 15) is 9.59 Å². The fourth-order valence-electron chi connectivity index (χ4n) is 4.24. The Kier molecular flexibility index (Phi) is 7.53. The zero-order valence-electron chi connectivity index (χ0n) is 18.7. The Morgan fingerprint density at radius 3 is 2.47 bits per heavy atom. The van der Waals surface area contributed by atoms with Crippen molar-refractivity contribution < 1.29 is 9.53 Å². The molecule has 2 heterocycles. The number of nitrogens with zero attached hydrogens (tertiary/aromatic N) is 4. The molecule has 1 fully saturated rings. The summed E-state index contributed by atoms with van der Waals surface area (Å²) >= 11 is 0. The molecule has 32 heavy (non-hydrogen) atoms. The number of fused-ring (bicyclic) bond motifs is 1. The number of hydrogen-bond donors (Lipinski definition) is 0. The SMILES string of the molecule is COc1ccccc1CN(C(=O)c1nc2ccccc2n(C)c1=O)C1CCN(C)CC1.Cl. The first kappa shape index (κ1) is 23.8. The predicted molar refractivity (Wildman–Crippen MR) is 128 cm³/mol. The largest absolute Gasteiger partial charge is 0.496 e. The molecule has 8 heteroatoms. The zero-order valence-corrected chi connectivity index (χ0v) is 19.5. The van der Waals surface area contributed by atoms with Crippen molar-refractivity contribution in [2.75, 3.05) is 27.2 Å². The van der Waals surface area contributed by atoms with E-state index in [4.69, 9.17) is 4.74 Å². The number of rotatable bonds is 5. The number of amides is 1. The van der Waals surface area contributed by atoms with Gasteiger partial charge in [-0.25, -0.2) is 4.98 Å². The van der Waals surface area contributed by atoms with Crippen molar-refractivity contribution in [2.45, 2.75) is 25.4 Å². The number of ether oxygens (including phenoxy) is 1. The molecular formula is C24H29ClN4O3. The Hall–Kier alpha value is -2.90. The topological polar surface area (TPSA) is 67.7 Å². The third kappa shape index (κ3) is 4.64. The van der Waals surface area contributed by atoms with Gasteiger partial charge in [0.2, 0.25) is 0 Å². The molecule has 0 saturated carbocycles. The number of aryl methyl sites for hydroxylation is 1. The van der Waals surface area contributed by atoms with Crippen molar-refractivity contribution in [2.24, 2.45) is 7.05 Å². The lowest BCUT2D eigenvalue weighted by Crippen LogP contribution is -2.48. The van der Waals surface area contributed by atoms with E-state index in [0.29, 0.717) is 17.6 Å². The maximum Gasteiger partial charge on any atom is 0.282 e. The van der Waals surface area contributed by atoms with Crippen LogP contribution in [0.2, 0.25) is 0 Å². The quantitative estimate of drug-likeness (QED) is 0.590. The van der Waals surface area contributed by atoms with Gasteiger partial charge in [0.15, 0.2) is 5.69 Å². The second-order valence-electron chi connectivity index (χ2n) is 8.09. The van der Waals surface area contributed by atoms with Gasteiger partial charge in [-0.2, -0.15) is 0 Å². The fraction of sp³-hybridized carbons (Fsp3) is 0.375. The molecule has 0 bridgehead atoms. The number of halogens is 1. The van der Waals surface area contributed by atoms with Crippen molar-refractivity contribution in [1.82, 2.24) is 19.4 Å². The van der Waals surface area contributed by atoms with Crippen molar-refractivity contribution in [3.05, 3.63) is 70.1 Å². The molecular weight excluding hydrogens is 428 g/mol. The Bertz CT molecular complexity index is 1160. The minimum absolute atomic E-state index is 0. The van der Waals surface area contributed by atoms with Crippen LogP contribution in [-0.4, -0.2) is 58.5 Å². The van der Waals surface area contributed by atoms with Crippen LogP contribution in [0.1, 0.15) is 28.9 Å². The standard InChI is InChI=1S/C24H28N4O3.ClH/c1-26-14-12-18(13-15-26)28(16-17-8-4-7-11-21(17)31-3)24(30)22-23(29)27(2)20-10-6-5-9-19(20)25-22;/h4-11,18H,12-16H2,1-3H3;1H. The lowest BCUT2D eigenvalue weighted by molar-refractivity contribution is 0.0560. The third-order valence-corrected chi connectivity index (χ3v) is 6.11. The molecule has 1 saturated heterocycles. The van der Waals surface area contributed by atoms with Gasteiger partial charge in [0, 0.05) is 25.2 Å². The number of carbonyl (C=O) groups is 1. The van der Waals surface area contributed by atoms with Gasteiger partial charge in [0.05, 0.1) is 18.1 Å². The molecule has 0 radical (unpaired) electrons. The molecule has 0 unspecified atom stereocenters. The van der Waals surface area contributed by atoms with Gasteiger partial charge >= 0.3 is 0 Å². The molecule has 1 aliphatic heterocycles. The van der Waals surface area contributed by atoms with Crippen molar-refractivity contribution in [3.8, 4) is 5.75 Å². The molecule has 1 amide bonds. The molecule has 0 N–H and O–H groups in total. The number of carbonyl (C=O) groups excluding carboxylic acids is 1. The van der Waals surface area contributed by atoms with Gasteiger partial charge in [-0.1, -0.05) is 30.3 Å². The molecule has 170 valence electrons. The minimum Gasteiger partial charge on any atom is -0.496 e. The van der Waals surface area contributed by atoms with Gasteiger partial charge in [-0.05, 0) is 51.2 Å². The van der Waals surface area contributed by atoms with Crippen LogP contribution in [0.5, 0.6) is 5.75 Å². The summed E-state index contributed by atoms with van der Waals surface area (Å²) in [7, 11) is 5.40. The van der Waals surface area contributed by atoms with Crippen molar-refractivity contribution in [1.29, 1.82) is 0 Å². The van der Waals surface area contributed by atoms with E-state index in [1.165, 1.54) is 4.57 Å². The highest BCUT2D eigenvalue weighted by Crippen LogP contribution is 2.25. The van der Waals surface area contributed by atoms with Crippen LogP contribution in [0.25, 0.3) is 11.0 Å². The maximum atomic E-state index is 13.7. The summed E-state index contributed by atoms with van der Waals surface area (Å²) in [4.78, 5) is 35.4. The normalized spacial score (nSPS) is 14.7. The van der Waals surface area contributed by atoms with E-state index >= 15 is 0 Å². The average Bonchev–Trinajstić information content (AvgIpc) is 2.80. The van der Waals surface area contributed by atoms with Crippen LogP contribution in [0.4, 0.5) is 0 Å². The number of para-hydroxylation sites is 3. The summed E-state index contributed by atoms with van der Waals surface area (Å²) in [6.07, 6.45) is 1.70. The lowest BCUT2D eigenvalue weighted by Gasteiger charge is -2.37. The average molecular weight is 457 g/mol. The van der Waals surface area contributed by atoms with Gasteiger partial charge in [0.25, 0.3) is 11.5 Å². The van der Waals surface area contributed by atoms with Crippen molar-refractivity contribution in [3.63, 3.8) is 0 Å². The van der Waals surface area contributed by atoms with E-state index in [-0.39, 0.29) is 35.6 Å². The molecule has 1 aliphatic rings. The number of benzene rings is 2. The molecule has 4 rings (SSSR count). The zero-order chi connectivity index (χ0) is 22.0. The Balaban J connectivity index is 0.00000289. The lowest BCUT2D eigenvalue weighted by atomic mass is 10.0. The highest BCUT2D eigenvalue weighted by Gasteiger charge is 2.31. The number of likely N-dealkylation sites (tertiary alicyclic amines) is 1. The molecule has 0 aliphatic carbocycles. The molecule has 3 aromatic rings. The molecule has 2 aromatic carbocycles. The number of hydrogen-bond acceptors (Lipinski definition) is 5. The highest BCUT2D eigenvalue weighted by molar-refractivity contribution is 5.94. The van der Waals surface area contributed by atoms with Gasteiger partial charge in [-0.3, -0.25) is 9.59 Å². The summed E-state index contributed by atoms with van der Waals surface area (Å²) in [6, 6.07) is 15.1. The van der Waals surface area contributed by atoms with E-state index in [1.807, 2.05) is 53.4 Å². The molecule has 7 nitrogen and oxygen atoms in total. The van der Waals surface area contributed by atoms with E-state index in [0.717, 1.165) is 37.2 Å². The summed E-state index contributed by atoms with van der Waals surface area (Å²) in [5.74, 6) is 0.402. The smallest absolute Gasteiger partial charge is 0.282 e. The van der Waals surface area contributed by atoms with Crippen molar-refractivity contribution >= 4 is 29.3 Å². The second kappa shape index (κ2) is 10.1. The van der Waals surface area contributed by atoms with Crippen LogP contribution in [0.15, 0.2) is 53.3 Å². The minimum atomic E-state index is -0.373. The molecule has 0 atom stereocenters. The first-order valence-corrected chi connectivity index (χ1v) is 10.6. The van der Waals surface area contributed by atoms with E-state index in [2.05, 4.69) is 16.9 Å². The fourth-order valence-corrected chi connectivity index (χ4v) is 4.24. The van der Waals surface area contributed by atoms with Gasteiger partial charge in [0.1, 0.15) is 5.75 Å². The van der Waals surface area contributed by atoms with Crippen LogP contribution in [0.3, 0.4) is 0 Å².